The molecule has 0 fully saturated rings. The third-order valence-electron chi connectivity index (χ3n) is 3.51. The third kappa shape index (κ3) is 3.95. The zero-order valence-corrected chi connectivity index (χ0v) is 13.7. The van der Waals surface area contributed by atoms with Crippen molar-refractivity contribution >= 4 is 11.3 Å². The standard InChI is InChI=1S/C16H22N2O2S/c1-11(16-17-7-8-21-16)10-18-12(2)14-9-13(19-3)5-6-15(14)20-4/h5-9,11-12,18H,10H2,1-4H3. The Morgan fingerprint density at radius 3 is 2.67 bits per heavy atom. The molecule has 1 N–H and O–H groups in total. The first-order valence-corrected chi connectivity index (χ1v) is 7.88. The number of hydrogen-bond acceptors (Lipinski definition) is 5. The van der Waals surface area contributed by atoms with Gasteiger partial charge in [-0.05, 0) is 25.1 Å². The SMILES string of the molecule is COc1ccc(OC)c(C(C)NCC(C)c2nccs2)c1. The summed E-state index contributed by atoms with van der Waals surface area (Å²) in [6.07, 6.45) is 1.85. The van der Waals surface area contributed by atoms with Crippen LogP contribution >= 0.6 is 11.3 Å². The van der Waals surface area contributed by atoms with Crippen LogP contribution in [0.15, 0.2) is 29.8 Å². The molecule has 114 valence electrons. The van der Waals surface area contributed by atoms with Crippen LogP contribution < -0.4 is 14.8 Å². The van der Waals surface area contributed by atoms with Crippen molar-refractivity contribution in [2.75, 3.05) is 20.8 Å². The Bertz CT molecular complexity index is 557. The van der Waals surface area contributed by atoms with Gasteiger partial charge >= 0.3 is 0 Å². The molecular weight excluding hydrogens is 284 g/mol. The van der Waals surface area contributed by atoms with E-state index >= 15 is 0 Å². The minimum absolute atomic E-state index is 0.178. The van der Waals surface area contributed by atoms with Gasteiger partial charge in [-0.3, -0.25) is 0 Å². The molecule has 2 rings (SSSR count). The lowest BCUT2D eigenvalue weighted by molar-refractivity contribution is 0.391. The van der Waals surface area contributed by atoms with Gasteiger partial charge in [0.25, 0.3) is 0 Å². The van der Waals surface area contributed by atoms with Crippen LogP contribution in [0.3, 0.4) is 0 Å². The van der Waals surface area contributed by atoms with Crippen molar-refractivity contribution in [3.8, 4) is 11.5 Å². The summed E-state index contributed by atoms with van der Waals surface area (Å²) in [7, 11) is 3.37. The van der Waals surface area contributed by atoms with E-state index in [2.05, 4.69) is 24.1 Å². The Morgan fingerprint density at radius 1 is 1.24 bits per heavy atom. The molecule has 1 heterocycles. The maximum Gasteiger partial charge on any atom is 0.123 e. The molecule has 0 radical (unpaired) electrons. The molecule has 0 saturated heterocycles. The van der Waals surface area contributed by atoms with E-state index in [-0.39, 0.29) is 6.04 Å². The maximum absolute atomic E-state index is 5.44. The molecule has 4 nitrogen and oxygen atoms in total. The molecule has 2 atom stereocenters. The van der Waals surface area contributed by atoms with Crippen LogP contribution in [0.2, 0.25) is 0 Å². The van der Waals surface area contributed by atoms with E-state index in [1.165, 1.54) is 0 Å². The molecule has 2 aromatic rings. The average Bonchev–Trinajstić information content (AvgIpc) is 3.06. The Labute approximate surface area is 130 Å². The highest BCUT2D eigenvalue weighted by Crippen LogP contribution is 2.29. The van der Waals surface area contributed by atoms with Crippen molar-refractivity contribution in [1.29, 1.82) is 0 Å². The summed E-state index contributed by atoms with van der Waals surface area (Å²) in [6, 6.07) is 6.05. The number of aromatic nitrogens is 1. The Kier molecular flexibility index (Phi) is 5.59. The molecule has 0 bridgehead atoms. The largest absolute Gasteiger partial charge is 0.497 e. The quantitative estimate of drug-likeness (QED) is 0.848. The highest BCUT2D eigenvalue weighted by Gasteiger charge is 2.15. The number of rotatable bonds is 7. The highest BCUT2D eigenvalue weighted by molar-refractivity contribution is 7.09. The molecule has 5 heteroatoms. The molecule has 0 saturated carbocycles. The van der Waals surface area contributed by atoms with Gasteiger partial charge in [-0.15, -0.1) is 11.3 Å². The van der Waals surface area contributed by atoms with Crippen molar-refractivity contribution in [1.82, 2.24) is 10.3 Å². The molecule has 0 amide bonds. The van der Waals surface area contributed by atoms with Gasteiger partial charge < -0.3 is 14.8 Å². The molecule has 21 heavy (non-hydrogen) atoms. The number of nitrogens with one attached hydrogen (secondary N) is 1. The molecule has 0 aliphatic rings. The van der Waals surface area contributed by atoms with Crippen LogP contribution in [-0.4, -0.2) is 25.7 Å². The summed E-state index contributed by atoms with van der Waals surface area (Å²) >= 11 is 1.70. The van der Waals surface area contributed by atoms with Crippen molar-refractivity contribution in [3.63, 3.8) is 0 Å². The van der Waals surface area contributed by atoms with Gasteiger partial charge in [-0.1, -0.05) is 6.92 Å². The van der Waals surface area contributed by atoms with E-state index < -0.39 is 0 Å². The first-order chi connectivity index (χ1) is 10.2. The fourth-order valence-electron chi connectivity index (χ4n) is 2.21. The van der Waals surface area contributed by atoms with Crippen LogP contribution in [0.25, 0.3) is 0 Å². The third-order valence-corrected chi connectivity index (χ3v) is 4.51. The topological polar surface area (TPSA) is 43.4 Å². The molecule has 2 unspecified atom stereocenters. The summed E-state index contributed by atoms with van der Waals surface area (Å²) in [5.74, 6) is 2.11. The summed E-state index contributed by atoms with van der Waals surface area (Å²) in [5.41, 5.74) is 1.10. The lowest BCUT2D eigenvalue weighted by Crippen LogP contribution is -2.24. The minimum Gasteiger partial charge on any atom is -0.497 e. The monoisotopic (exact) mass is 306 g/mol. The molecule has 0 spiro atoms. The number of ether oxygens (including phenoxy) is 2. The molecule has 1 aromatic carbocycles. The Balaban J connectivity index is 2.04. The van der Waals surface area contributed by atoms with E-state index in [9.17, 15) is 0 Å². The highest BCUT2D eigenvalue weighted by atomic mass is 32.1. The summed E-state index contributed by atoms with van der Waals surface area (Å²) in [6.45, 7) is 5.18. The fraction of sp³-hybridized carbons (Fsp3) is 0.438. The predicted molar refractivity (Wildman–Crippen MR) is 86.5 cm³/mol. The predicted octanol–water partition coefficient (Wildman–Crippen LogP) is 3.61. The summed E-state index contributed by atoms with van der Waals surface area (Å²) < 4.78 is 10.7. The zero-order chi connectivity index (χ0) is 15.2. The van der Waals surface area contributed by atoms with Crippen LogP contribution in [0.5, 0.6) is 11.5 Å². The van der Waals surface area contributed by atoms with E-state index in [4.69, 9.17) is 9.47 Å². The van der Waals surface area contributed by atoms with Gasteiger partial charge in [0.15, 0.2) is 0 Å². The first kappa shape index (κ1) is 15.8. The lowest BCUT2D eigenvalue weighted by Gasteiger charge is -2.20. The first-order valence-electron chi connectivity index (χ1n) is 7.00. The fourth-order valence-corrected chi connectivity index (χ4v) is 2.90. The Hall–Kier alpha value is -1.59. The number of benzene rings is 1. The molecule has 0 aliphatic carbocycles. The van der Waals surface area contributed by atoms with E-state index in [0.717, 1.165) is 28.6 Å². The molecule has 0 aliphatic heterocycles. The summed E-state index contributed by atoms with van der Waals surface area (Å²) in [5, 5.41) is 6.72. The second-order valence-electron chi connectivity index (χ2n) is 5.01. The number of hydrogen-bond donors (Lipinski definition) is 1. The van der Waals surface area contributed by atoms with Crippen molar-refractivity contribution in [3.05, 3.63) is 40.3 Å². The van der Waals surface area contributed by atoms with Crippen LogP contribution in [0, 0.1) is 0 Å². The average molecular weight is 306 g/mol. The smallest absolute Gasteiger partial charge is 0.123 e. The minimum atomic E-state index is 0.178. The van der Waals surface area contributed by atoms with Gasteiger partial charge in [-0.25, -0.2) is 4.98 Å². The lowest BCUT2D eigenvalue weighted by atomic mass is 10.1. The van der Waals surface area contributed by atoms with Crippen LogP contribution in [-0.2, 0) is 0 Å². The number of thiazole rings is 1. The zero-order valence-electron chi connectivity index (χ0n) is 12.9. The van der Waals surface area contributed by atoms with E-state index in [0.29, 0.717) is 5.92 Å². The summed E-state index contributed by atoms with van der Waals surface area (Å²) in [4.78, 5) is 4.36. The van der Waals surface area contributed by atoms with Gasteiger partial charge in [0.05, 0.1) is 19.2 Å². The second-order valence-corrected chi connectivity index (χ2v) is 5.94. The normalized spacial score (nSPS) is 13.7. The van der Waals surface area contributed by atoms with E-state index in [1.54, 1.807) is 25.6 Å². The van der Waals surface area contributed by atoms with Gasteiger partial charge in [0, 0.05) is 35.6 Å². The van der Waals surface area contributed by atoms with Crippen molar-refractivity contribution in [2.45, 2.75) is 25.8 Å². The maximum atomic E-state index is 5.44. The second kappa shape index (κ2) is 7.43. The van der Waals surface area contributed by atoms with E-state index in [1.807, 2.05) is 29.8 Å². The molecular formula is C16H22N2O2S. The van der Waals surface area contributed by atoms with Crippen molar-refractivity contribution < 1.29 is 9.47 Å². The number of nitrogens with zero attached hydrogens (tertiary/aromatic N) is 1. The Morgan fingerprint density at radius 2 is 2.05 bits per heavy atom. The van der Waals surface area contributed by atoms with Gasteiger partial charge in [-0.2, -0.15) is 0 Å². The van der Waals surface area contributed by atoms with Gasteiger partial charge in [0.2, 0.25) is 0 Å². The van der Waals surface area contributed by atoms with Crippen LogP contribution in [0.4, 0.5) is 0 Å². The van der Waals surface area contributed by atoms with Crippen LogP contribution in [0.1, 0.15) is 36.4 Å². The van der Waals surface area contributed by atoms with Crippen molar-refractivity contribution in [2.24, 2.45) is 0 Å². The number of methoxy groups -OCH3 is 2. The molecule has 1 aromatic heterocycles. The van der Waals surface area contributed by atoms with Gasteiger partial charge in [0.1, 0.15) is 11.5 Å².